The number of urea groups is 1. The van der Waals surface area contributed by atoms with Crippen molar-refractivity contribution in [3.8, 4) is 17.1 Å². The summed E-state index contributed by atoms with van der Waals surface area (Å²) in [7, 11) is 0. The predicted molar refractivity (Wildman–Crippen MR) is 171 cm³/mol. The van der Waals surface area contributed by atoms with Crippen molar-refractivity contribution in [2.75, 3.05) is 54.9 Å². The van der Waals surface area contributed by atoms with Crippen molar-refractivity contribution < 1.29 is 13.9 Å². The highest BCUT2D eigenvalue weighted by atomic mass is 19.1. The highest BCUT2D eigenvalue weighted by molar-refractivity contribution is 5.99. The van der Waals surface area contributed by atoms with E-state index in [1.165, 1.54) is 17.7 Å². The predicted octanol–water partition coefficient (Wildman–Crippen LogP) is 6.78. The lowest BCUT2D eigenvalue weighted by atomic mass is 10.1. The number of H-pyrrole nitrogens is 1. The van der Waals surface area contributed by atoms with Gasteiger partial charge < -0.3 is 25.3 Å². The molecule has 0 radical (unpaired) electrons. The van der Waals surface area contributed by atoms with Gasteiger partial charge in [-0.1, -0.05) is 49.4 Å². The molecule has 3 N–H and O–H groups in total. The second kappa shape index (κ2) is 13.0. The first-order chi connectivity index (χ1) is 21.1. The molecular formula is C34H35FN6O2. The Morgan fingerprint density at radius 3 is 2.42 bits per heavy atom. The summed E-state index contributed by atoms with van der Waals surface area (Å²) in [4.78, 5) is 25.5. The van der Waals surface area contributed by atoms with Crippen LogP contribution in [0.5, 0.6) is 5.75 Å². The van der Waals surface area contributed by atoms with Crippen LogP contribution in [0.3, 0.4) is 0 Å². The number of halogens is 1. The number of ether oxygens (including phenoxy) is 1. The van der Waals surface area contributed by atoms with Crippen molar-refractivity contribution in [1.29, 1.82) is 0 Å². The van der Waals surface area contributed by atoms with Gasteiger partial charge in [-0.05, 0) is 60.5 Å². The first-order valence-electron chi connectivity index (χ1n) is 14.7. The topological polar surface area (TPSA) is 85.5 Å². The average molecular weight is 579 g/mol. The molecule has 1 saturated heterocycles. The van der Waals surface area contributed by atoms with E-state index in [-0.39, 0.29) is 5.69 Å². The minimum Gasteiger partial charge on any atom is -0.492 e. The Morgan fingerprint density at radius 2 is 1.67 bits per heavy atom. The van der Waals surface area contributed by atoms with Crippen molar-refractivity contribution in [1.82, 2.24) is 14.9 Å². The number of imidazole rings is 1. The third kappa shape index (κ3) is 6.79. The monoisotopic (exact) mass is 578 g/mol. The van der Waals surface area contributed by atoms with Gasteiger partial charge in [0.15, 0.2) is 0 Å². The molecule has 2 heterocycles. The fraction of sp³-hybridized carbons (Fsp3) is 0.235. The lowest BCUT2D eigenvalue weighted by Crippen LogP contribution is -2.47. The van der Waals surface area contributed by atoms with Gasteiger partial charge in [0.1, 0.15) is 29.5 Å². The molecule has 8 nitrogen and oxygen atoms in total. The molecule has 0 bridgehead atoms. The molecule has 43 heavy (non-hydrogen) atoms. The number of aromatic amines is 1. The van der Waals surface area contributed by atoms with Gasteiger partial charge in [-0.25, -0.2) is 14.2 Å². The number of carbonyl (C=O) groups excluding carboxylic acids is 1. The SMILES string of the molecule is CCc1ccc(-c2nc3c(N4CCN(CCOc5ccc(NC(=O)Nc6ccccc6F)cc5)CC4)cccc3[nH]2)cc1. The van der Waals surface area contributed by atoms with E-state index >= 15 is 0 Å². The minimum atomic E-state index is -0.511. The molecule has 220 valence electrons. The number of carbonyl (C=O) groups is 1. The Balaban J connectivity index is 0.973. The summed E-state index contributed by atoms with van der Waals surface area (Å²) < 4.78 is 19.7. The summed E-state index contributed by atoms with van der Waals surface area (Å²) in [5, 5.41) is 5.21. The maximum atomic E-state index is 13.8. The highest BCUT2D eigenvalue weighted by Crippen LogP contribution is 2.29. The molecule has 0 atom stereocenters. The number of amides is 2. The van der Waals surface area contributed by atoms with E-state index < -0.39 is 11.8 Å². The van der Waals surface area contributed by atoms with Gasteiger partial charge in [-0.2, -0.15) is 0 Å². The molecule has 0 aliphatic carbocycles. The first-order valence-corrected chi connectivity index (χ1v) is 14.7. The van der Waals surface area contributed by atoms with Gasteiger partial charge >= 0.3 is 6.03 Å². The number of fused-ring (bicyclic) bond motifs is 1. The molecule has 1 fully saturated rings. The zero-order chi connectivity index (χ0) is 29.6. The molecule has 6 rings (SSSR count). The third-order valence-corrected chi connectivity index (χ3v) is 7.75. The number of aromatic nitrogens is 2. The number of anilines is 3. The van der Waals surface area contributed by atoms with Gasteiger partial charge in [0.2, 0.25) is 0 Å². The minimum absolute atomic E-state index is 0.126. The summed E-state index contributed by atoms with van der Waals surface area (Å²) in [5.41, 5.74) is 6.36. The molecule has 1 aliphatic heterocycles. The number of para-hydroxylation sites is 2. The largest absolute Gasteiger partial charge is 0.492 e. The van der Waals surface area contributed by atoms with Crippen LogP contribution in [-0.4, -0.2) is 60.2 Å². The van der Waals surface area contributed by atoms with Crippen LogP contribution in [0.1, 0.15) is 12.5 Å². The molecule has 1 aromatic heterocycles. The van der Waals surface area contributed by atoms with Crippen LogP contribution in [-0.2, 0) is 6.42 Å². The Bertz CT molecular complexity index is 1680. The Morgan fingerprint density at radius 1 is 0.907 bits per heavy atom. The van der Waals surface area contributed by atoms with Crippen LogP contribution in [0, 0.1) is 5.82 Å². The van der Waals surface area contributed by atoms with E-state index in [2.05, 4.69) is 74.8 Å². The molecule has 2 amide bonds. The fourth-order valence-corrected chi connectivity index (χ4v) is 5.29. The number of piperazine rings is 1. The van der Waals surface area contributed by atoms with Gasteiger partial charge in [0.25, 0.3) is 0 Å². The summed E-state index contributed by atoms with van der Waals surface area (Å²) in [6.45, 7) is 7.27. The average Bonchev–Trinajstić information content (AvgIpc) is 3.48. The van der Waals surface area contributed by atoms with Crippen LogP contribution in [0.2, 0.25) is 0 Å². The van der Waals surface area contributed by atoms with Crippen LogP contribution >= 0.6 is 0 Å². The van der Waals surface area contributed by atoms with E-state index in [4.69, 9.17) is 9.72 Å². The summed E-state index contributed by atoms with van der Waals surface area (Å²) in [6, 6.07) is 27.6. The lowest BCUT2D eigenvalue weighted by Gasteiger charge is -2.36. The van der Waals surface area contributed by atoms with Crippen LogP contribution in [0.25, 0.3) is 22.4 Å². The molecule has 0 saturated carbocycles. The summed E-state index contributed by atoms with van der Waals surface area (Å²) in [6.07, 6.45) is 1.02. The molecule has 5 aromatic rings. The summed E-state index contributed by atoms with van der Waals surface area (Å²) >= 11 is 0. The second-order valence-electron chi connectivity index (χ2n) is 10.6. The molecule has 0 unspecified atom stereocenters. The Hall–Kier alpha value is -4.89. The Labute approximate surface area is 250 Å². The number of benzene rings is 4. The molecule has 4 aromatic carbocycles. The van der Waals surface area contributed by atoms with Crippen molar-refractivity contribution in [3.63, 3.8) is 0 Å². The lowest BCUT2D eigenvalue weighted by molar-refractivity contribution is 0.200. The smallest absolute Gasteiger partial charge is 0.323 e. The first kappa shape index (κ1) is 28.2. The van der Waals surface area contributed by atoms with Crippen molar-refractivity contribution >= 4 is 34.1 Å². The maximum absolute atomic E-state index is 13.8. The van der Waals surface area contributed by atoms with Gasteiger partial charge in [0, 0.05) is 44.0 Å². The molecule has 0 spiro atoms. The van der Waals surface area contributed by atoms with Crippen LogP contribution < -0.4 is 20.3 Å². The van der Waals surface area contributed by atoms with E-state index in [1.54, 1.807) is 24.3 Å². The van der Waals surface area contributed by atoms with Gasteiger partial charge in [-0.15, -0.1) is 0 Å². The summed E-state index contributed by atoms with van der Waals surface area (Å²) in [5.74, 6) is 1.14. The molecular weight excluding hydrogens is 543 g/mol. The normalized spacial score (nSPS) is 13.7. The number of hydrogen-bond acceptors (Lipinski definition) is 5. The number of rotatable bonds is 9. The van der Waals surface area contributed by atoms with E-state index in [1.807, 2.05) is 12.1 Å². The Kier molecular flexibility index (Phi) is 8.51. The quantitative estimate of drug-likeness (QED) is 0.180. The second-order valence-corrected chi connectivity index (χ2v) is 10.6. The maximum Gasteiger partial charge on any atom is 0.323 e. The van der Waals surface area contributed by atoms with Crippen molar-refractivity contribution in [2.45, 2.75) is 13.3 Å². The van der Waals surface area contributed by atoms with E-state index in [0.717, 1.165) is 73.0 Å². The standard InChI is InChI=1S/C34H35FN6O2/c1-2-24-10-12-25(13-11-24)33-37-30-8-5-9-31(32(30)39-33)41-20-18-40(19-21-41)22-23-43-27-16-14-26(15-17-27)36-34(42)38-29-7-4-3-6-28(29)35/h3-17H,2,18-23H2,1H3,(H,37,39)(H2,36,38,42). The fourth-order valence-electron chi connectivity index (χ4n) is 5.29. The zero-order valence-electron chi connectivity index (χ0n) is 24.1. The van der Waals surface area contributed by atoms with Gasteiger partial charge in [-0.3, -0.25) is 4.90 Å². The van der Waals surface area contributed by atoms with Crippen molar-refractivity contribution in [3.05, 3.63) is 102 Å². The zero-order valence-corrected chi connectivity index (χ0v) is 24.1. The highest BCUT2D eigenvalue weighted by Gasteiger charge is 2.20. The van der Waals surface area contributed by atoms with Crippen molar-refractivity contribution in [2.24, 2.45) is 0 Å². The number of aryl methyl sites for hydroxylation is 1. The number of hydrogen-bond donors (Lipinski definition) is 3. The van der Waals surface area contributed by atoms with E-state index in [0.29, 0.717) is 12.3 Å². The number of nitrogens with one attached hydrogen (secondary N) is 3. The van der Waals surface area contributed by atoms with Crippen LogP contribution in [0.4, 0.5) is 26.2 Å². The van der Waals surface area contributed by atoms with Crippen LogP contribution in [0.15, 0.2) is 91.0 Å². The van der Waals surface area contributed by atoms with Gasteiger partial charge in [0.05, 0.1) is 16.9 Å². The third-order valence-electron chi connectivity index (χ3n) is 7.75. The molecule has 9 heteroatoms. The molecule has 1 aliphatic rings. The van der Waals surface area contributed by atoms with E-state index in [9.17, 15) is 9.18 Å². The number of nitrogens with zero attached hydrogens (tertiary/aromatic N) is 3.